The number of hydrogen-bond donors (Lipinski definition) is 3. The van der Waals surface area contributed by atoms with Gasteiger partial charge in [0, 0.05) is 26.2 Å². The maximum Gasteiger partial charge on any atom is 0.317 e. The van der Waals surface area contributed by atoms with Gasteiger partial charge >= 0.3 is 12.0 Å². The van der Waals surface area contributed by atoms with Crippen LogP contribution in [0.5, 0.6) is 0 Å². The molecule has 6 nitrogen and oxygen atoms in total. The molecule has 0 spiro atoms. The van der Waals surface area contributed by atoms with E-state index in [9.17, 15) is 14.7 Å². The molecule has 0 aliphatic carbocycles. The molecule has 0 unspecified atom stereocenters. The second-order valence-electron chi connectivity index (χ2n) is 5.04. The van der Waals surface area contributed by atoms with Crippen LogP contribution in [0.15, 0.2) is 0 Å². The number of urea groups is 1. The fourth-order valence-electron chi connectivity index (χ4n) is 2.28. The zero-order valence-corrected chi connectivity index (χ0v) is 11.9. The van der Waals surface area contributed by atoms with E-state index in [-0.39, 0.29) is 12.6 Å². The van der Waals surface area contributed by atoms with E-state index in [1.165, 1.54) is 0 Å². The Balaban J connectivity index is 2.53. The number of hydrogen-bond acceptors (Lipinski definition) is 3. The highest BCUT2D eigenvalue weighted by molar-refractivity contribution is 5.78. The van der Waals surface area contributed by atoms with Crippen molar-refractivity contribution in [3.63, 3.8) is 0 Å². The molecule has 0 aromatic carbocycles. The zero-order chi connectivity index (χ0) is 14.3. The Morgan fingerprint density at radius 1 is 1.26 bits per heavy atom. The molecule has 0 aromatic heterocycles. The summed E-state index contributed by atoms with van der Waals surface area (Å²) < 4.78 is 0. The second-order valence-corrected chi connectivity index (χ2v) is 5.04. The summed E-state index contributed by atoms with van der Waals surface area (Å²) in [4.78, 5) is 25.1. The standard InChI is InChI=1S/C13H25N3O3/c1-3-13(4-2,11(17)18)10-15-12(19)16-8-5-6-14-7-9-16/h14H,3-10H2,1-2H3,(H,15,19)(H,17,18). The highest BCUT2D eigenvalue weighted by atomic mass is 16.4. The lowest BCUT2D eigenvalue weighted by Crippen LogP contribution is -2.48. The summed E-state index contributed by atoms with van der Waals surface area (Å²) in [6.07, 6.45) is 1.96. The lowest BCUT2D eigenvalue weighted by Gasteiger charge is -2.29. The number of amides is 2. The third-order valence-corrected chi connectivity index (χ3v) is 4.01. The molecular weight excluding hydrogens is 246 g/mol. The topological polar surface area (TPSA) is 81.7 Å². The van der Waals surface area contributed by atoms with Crippen LogP contribution >= 0.6 is 0 Å². The number of nitrogens with one attached hydrogen (secondary N) is 2. The highest BCUT2D eigenvalue weighted by Gasteiger charge is 2.35. The first-order chi connectivity index (χ1) is 9.05. The molecule has 0 bridgehead atoms. The molecule has 6 heteroatoms. The van der Waals surface area contributed by atoms with Gasteiger partial charge in [0.15, 0.2) is 0 Å². The Morgan fingerprint density at radius 2 is 1.95 bits per heavy atom. The van der Waals surface area contributed by atoms with E-state index >= 15 is 0 Å². The molecule has 19 heavy (non-hydrogen) atoms. The number of rotatable bonds is 5. The molecule has 0 saturated carbocycles. The second kappa shape index (κ2) is 7.33. The van der Waals surface area contributed by atoms with Crippen LogP contribution < -0.4 is 10.6 Å². The lowest BCUT2D eigenvalue weighted by molar-refractivity contribution is -0.149. The lowest BCUT2D eigenvalue weighted by atomic mass is 9.82. The van der Waals surface area contributed by atoms with Crippen LogP contribution in [0.2, 0.25) is 0 Å². The summed E-state index contributed by atoms with van der Waals surface area (Å²) in [6.45, 7) is 6.99. The first-order valence-corrected chi connectivity index (χ1v) is 7.02. The van der Waals surface area contributed by atoms with Gasteiger partial charge in [0.1, 0.15) is 0 Å². The van der Waals surface area contributed by atoms with Crippen LogP contribution in [0.25, 0.3) is 0 Å². The molecule has 2 amide bonds. The Hall–Kier alpha value is -1.30. The van der Waals surface area contributed by atoms with Gasteiger partial charge in [0.25, 0.3) is 0 Å². The van der Waals surface area contributed by atoms with Crippen LogP contribution in [0.1, 0.15) is 33.1 Å². The maximum absolute atomic E-state index is 12.0. The Morgan fingerprint density at radius 3 is 2.53 bits per heavy atom. The SMILES string of the molecule is CCC(CC)(CNC(=O)N1CCCNCC1)C(=O)O. The van der Waals surface area contributed by atoms with Gasteiger partial charge in [-0.05, 0) is 25.8 Å². The zero-order valence-electron chi connectivity index (χ0n) is 11.9. The van der Waals surface area contributed by atoms with Crippen LogP contribution in [0.3, 0.4) is 0 Å². The van der Waals surface area contributed by atoms with E-state index < -0.39 is 11.4 Å². The van der Waals surface area contributed by atoms with Crippen molar-refractivity contribution in [2.75, 3.05) is 32.7 Å². The third kappa shape index (κ3) is 4.09. The van der Waals surface area contributed by atoms with Crippen LogP contribution in [-0.2, 0) is 4.79 Å². The van der Waals surface area contributed by atoms with Gasteiger partial charge in [0.2, 0.25) is 0 Å². The van der Waals surface area contributed by atoms with Crippen molar-refractivity contribution in [1.29, 1.82) is 0 Å². The average molecular weight is 271 g/mol. The van der Waals surface area contributed by atoms with Gasteiger partial charge < -0.3 is 20.6 Å². The number of carbonyl (C=O) groups excluding carboxylic acids is 1. The number of carboxylic acids is 1. The minimum Gasteiger partial charge on any atom is -0.481 e. The number of nitrogens with zero attached hydrogens (tertiary/aromatic N) is 1. The maximum atomic E-state index is 12.0. The highest BCUT2D eigenvalue weighted by Crippen LogP contribution is 2.25. The Labute approximate surface area is 114 Å². The molecule has 1 aliphatic heterocycles. The third-order valence-electron chi connectivity index (χ3n) is 4.01. The largest absolute Gasteiger partial charge is 0.481 e. The fourth-order valence-corrected chi connectivity index (χ4v) is 2.28. The van der Waals surface area contributed by atoms with Crippen LogP contribution in [0.4, 0.5) is 4.79 Å². The molecule has 0 radical (unpaired) electrons. The molecule has 1 rings (SSSR count). The number of aliphatic carboxylic acids is 1. The summed E-state index contributed by atoms with van der Waals surface area (Å²) in [5.41, 5.74) is -0.847. The number of carboxylic acid groups (broad SMARTS) is 1. The van der Waals surface area contributed by atoms with E-state index in [4.69, 9.17) is 0 Å². The molecule has 1 saturated heterocycles. The minimum absolute atomic E-state index is 0.156. The molecule has 0 atom stereocenters. The fraction of sp³-hybridized carbons (Fsp3) is 0.846. The first kappa shape index (κ1) is 15.8. The molecule has 110 valence electrons. The van der Waals surface area contributed by atoms with Crippen LogP contribution in [-0.4, -0.2) is 54.7 Å². The summed E-state index contributed by atoms with van der Waals surface area (Å²) in [5, 5.41) is 15.3. The van der Waals surface area contributed by atoms with Gasteiger partial charge in [-0.1, -0.05) is 13.8 Å². The predicted octanol–water partition coefficient (Wildman–Crippen LogP) is 0.882. The molecule has 1 fully saturated rings. The smallest absolute Gasteiger partial charge is 0.317 e. The quantitative estimate of drug-likeness (QED) is 0.693. The van der Waals surface area contributed by atoms with Crippen molar-refractivity contribution in [3.05, 3.63) is 0 Å². The van der Waals surface area contributed by atoms with Gasteiger partial charge in [-0.2, -0.15) is 0 Å². The molecule has 1 aliphatic rings. The minimum atomic E-state index is -0.847. The average Bonchev–Trinajstić information content (AvgIpc) is 2.68. The molecular formula is C13H25N3O3. The van der Waals surface area contributed by atoms with E-state index in [2.05, 4.69) is 10.6 Å². The van der Waals surface area contributed by atoms with Crippen molar-refractivity contribution in [2.45, 2.75) is 33.1 Å². The van der Waals surface area contributed by atoms with Crippen molar-refractivity contribution in [1.82, 2.24) is 15.5 Å². The molecule has 1 heterocycles. The molecule has 3 N–H and O–H groups in total. The Kier molecular flexibility index (Phi) is 6.08. The van der Waals surface area contributed by atoms with E-state index in [0.717, 1.165) is 26.1 Å². The summed E-state index contributed by atoms with van der Waals surface area (Å²) in [6, 6.07) is -0.156. The van der Waals surface area contributed by atoms with Gasteiger partial charge in [-0.15, -0.1) is 0 Å². The monoisotopic (exact) mass is 271 g/mol. The van der Waals surface area contributed by atoms with Crippen molar-refractivity contribution in [3.8, 4) is 0 Å². The summed E-state index contributed by atoms with van der Waals surface area (Å²) in [7, 11) is 0. The van der Waals surface area contributed by atoms with Crippen molar-refractivity contribution in [2.24, 2.45) is 5.41 Å². The van der Waals surface area contributed by atoms with Gasteiger partial charge in [-0.25, -0.2) is 4.79 Å². The van der Waals surface area contributed by atoms with E-state index in [0.29, 0.717) is 19.4 Å². The molecule has 0 aromatic rings. The number of carbonyl (C=O) groups is 2. The van der Waals surface area contributed by atoms with E-state index in [1.54, 1.807) is 4.90 Å². The van der Waals surface area contributed by atoms with Crippen molar-refractivity contribution >= 4 is 12.0 Å². The van der Waals surface area contributed by atoms with Gasteiger partial charge in [-0.3, -0.25) is 4.79 Å². The predicted molar refractivity (Wildman–Crippen MR) is 73.1 cm³/mol. The van der Waals surface area contributed by atoms with Crippen molar-refractivity contribution < 1.29 is 14.7 Å². The van der Waals surface area contributed by atoms with E-state index in [1.807, 2.05) is 13.8 Å². The van der Waals surface area contributed by atoms with Gasteiger partial charge in [0.05, 0.1) is 5.41 Å². The summed E-state index contributed by atoms with van der Waals surface area (Å²) in [5.74, 6) is -0.838. The summed E-state index contributed by atoms with van der Waals surface area (Å²) >= 11 is 0. The normalized spacial score (nSPS) is 16.8. The Bertz CT molecular complexity index is 308. The first-order valence-electron chi connectivity index (χ1n) is 7.02. The van der Waals surface area contributed by atoms with Crippen LogP contribution in [0, 0.1) is 5.41 Å².